The molecule has 0 saturated heterocycles. The van der Waals surface area contributed by atoms with Gasteiger partial charge in [0.1, 0.15) is 0 Å². The molecule has 0 fully saturated rings. The Bertz CT molecular complexity index is 285. The standard InChI is InChI=1S/C8H15N3OS/c1-11-7-10-6-8(11)5-9-3-4-13(2)12/h6-7,9H,3-5H2,1-2H3. The average Bonchev–Trinajstić information content (AvgIpc) is 2.45. The van der Waals surface area contributed by atoms with Crippen molar-refractivity contribution in [3.63, 3.8) is 0 Å². The molecule has 0 spiro atoms. The van der Waals surface area contributed by atoms with Crippen LogP contribution >= 0.6 is 0 Å². The molecular weight excluding hydrogens is 186 g/mol. The second-order valence-electron chi connectivity index (χ2n) is 2.95. The van der Waals surface area contributed by atoms with Crippen LogP contribution in [0.15, 0.2) is 12.5 Å². The van der Waals surface area contributed by atoms with Crippen LogP contribution in [0.3, 0.4) is 0 Å². The molecular formula is C8H15N3OS. The summed E-state index contributed by atoms with van der Waals surface area (Å²) in [4.78, 5) is 4.00. The van der Waals surface area contributed by atoms with E-state index in [1.54, 1.807) is 12.6 Å². The van der Waals surface area contributed by atoms with Crippen molar-refractivity contribution in [3.8, 4) is 0 Å². The smallest absolute Gasteiger partial charge is 0.0945 e. The Balaban J connectivity index is 2.20. The van der Waals surface area contributed by atoms with E-state index < -0.39 is 10.8 Å². The minimum atomic E-state index is -0.704. The molecule has 5 heteroatoms. The fourth-order valence-corrected chi connectivity index (χ4v) is 1.42. The van der Waals surface area contributed by atoms with Crippen molar-refractivity contribution in [2.75, 3.05) is 18.6 Å². The largest absolute Gasteiger partial charge is 0.337 e. The predicted octanol–water partition coefficient (Wildman–Crippen LogP) is -0.112. The molecule has 74 valence electrons. The molecule has 4 nitrogen and oxygen atoms in total. The monoisotopic (exact) mass is 201 g/mol. The first-order chi connectivity index (χ1) is 6.20. The number of hydrogen-bond donors (Lipinski definition) is 1. The minimum absolute atomic E-state index is 0.704. The van der Waals surface area contributed by atoms with Crippen LogP contribution in [0, 0.1) is 0 Å². The number of nitrogens with zero attached hydrogens (tertiary/aromatic N) is 2. The van der Waals surface area contributed by atoms with Crippen LogP contribution in [-0.4, -0.2) is 32.3 Å². The molecule has 1 aromatic heterocycles. The van der Waals surface area contributed by atoms with Crippen molar-refractivity contribution < 1.29 is 4.21 Å². The van der Waals surface area contributed by atoms with Gasteiger partial charge in [0.15, 0.2) is 0 Å². The lowest BCUT2D eigenvalue weighted by Gasteiger charge is -2.03. The maximum atomic E-state index is 10.7. The first-order valence-corrected chi connectivity index (χ1v) is 5.89. The third kappa shape index (κ3) is 3.69. The Morgan fingerprint density at radius 1 is 1.69 bits per heavy atom. The van der Waals surface area contributed by atoms with Crippen LogP contribution in [0.5, 0.6) is 0 Å². The molecule has 1 heterocycles. The van der Waals surface area contributed by atoms with E-state index in [-0.39, 0.29) is 0 Å². The Labute approximate surface area is 80.8 Å². The van der Waals surface area contributed by atoms with Gasteiger partial charge in [-0.2, -0.15) is 0 Å². The van der Waals surface area contributed by atoms with Crippen LogP contribution in [0.1, 0.15) is 5.69 Å². The van der Waals surface area contributed by atoms with Crippen molar-refractivity contribution >= 4 is 10.8 Å². The van der Waals surface area contributed by atoms with Gasteiger partial charge in [-0.3, -0.25) is 4.21 Å². The fraction of sp³-hybridized carbons (Fsp3) is 0.625. The summed E-state index contributed by atoms with van der Waals surface area (Å²) in [7, 11) is 1.26. The highest BCUT2D eigenvalue weighted by Crippen LogP contribution is 1.94. The van der Waals surface area contributed by atoms with Crippen LogP contribution in [0.25, 0.3) is 0 Å². The van der Waals surface area contributed by atoms with Gasteiger partial charge in [-0.15, -0.1) is 0 Å². The van der Waals surface area contributed by atoms with E-state index >= 15 is 0 Å². The number of imidazole rings is 1. The molecule has 1 unspecified atom stereocenters. The number of nitrogens with one attached hydrogen (secondary N) is 1. The summed E-state index contributed by atoms with van der Waals surface area (Å²) in [6.45, 7) is 1.57. The summed E-state index contributed by atoms with van der Waals surface area (Å²) in [6.07, 6.45) is 5.32. The first-order valence-electron chi connectivity index (χ1n) is 4.16. The molecule has 0 aliphatic heterocycles. The third-order valence-electron chi connectivity index (χ3n) is 1.79. The Hall–Kier alpha value is -0.680. The lowest BCUT2D eigenvalue weighted by Crippen LogP contribution is -2.20. The topological polar surface area (TPSA) is 46.9 Å². The SMILES string of the molecule is Cn1cncc1CNCCS(C)=O. The van der Waals surface area contributed by atoms with Crippen LogP contribution in [0.4, 0.5) is 0 Å². The molecule has 0 aliphatic rings. The lowest BCUT2D eigenvalue weighted by molar-refractivity contribution is 0.664. The Morgan fingerprint density at radius 2 is 2.46 bits per heavy atom. The van der Waals surface area contributed by atoms with Crippen molar-refractivity contribution in [1.82, 2.24) is 14.9 Å². The Morgan fingerprint density at radius 3 is 3.00 bits per heavy atom. The second-order valence-corrected chi connectivity index (χ2v) is 4.50. The lowest BCUT2D eigenvalue weighted by atomic mass is 10.4. The summed E-state index contributed by atoms with van der Waals surface area (Å²) in [5.74, 6) is 0.706. The van der Waals surface area contributed by atoms with Gasteiger partial charge in [0.2, 0.25) is 0 Å². The van der Waals surface area contributed by atoms with Crippen LogP contribution in [-0.2, 0) is 24.4 Å². The van der Waals surface area contributed by atoms with Gasteiger partial charge in [0.05, 0.1) is 12.0 Å². The van der Waals surface area contributed by atoms with Crippen molar-refractivity contribution in [1.29, 1.82) is 0 Å². The van der Waals surface area contributed by atoms with Gasteiger partial charge in [-0.1, -0.05) is 0 Å². The van der Waals surface area contributed by atoms with Crippen molar-refractivity contribution in [2.45, 2.75) is 6.54 Å². The molecule has 0 radical (unpaired) electrons. The van der Waals surface area contributed by atoms with Gasteiger partial charge in [-0.05, 0) is 0 Å². The maximum absolute atomic E-state index is 10.7. The summed E-state index contributed by atoms with van der Waals surface area (Å²) in [5, 5.41) is 3.21. The summed E-state index contributed by atoms with van der Waals surface area (Å²) in [6, 6.07) is 0. The highest BCUT2D eigenvalue weighted by Gasteiger charge is 1.97. The van der Waals surface area contributed by atoms with E-state index in [0.29, 0.717) is 5.75 Å². The van der Waals surface area contributed by atoms with E-state index in [0.717, 1.165) is 18.8 Å². The molecule has 0 aromatic carbocycles. The molecule has 0 saturated carbocycles. The number of aryl methyl sites for hydroxylation is 1. The molecule has 0 bridgehead atoms. The van der Waals surface area contributed by atoms with E-state index in [1.165, 1.54) is 0 Å². The fourth-order valence-electron chi connectivity index (χ4n) is 0.987. The Kier molecular flexibility index (Phi) is 4.11. The predicted molar refractivity (Wildman–Crippen MR) is 53.8 cm³/mol. The van der Waals surface area contributed by atoms with E-state index in [9.17, 15) is 4.21 Å². The molecule has 1 rings (SSSR count). The number of aromatic nitrogens is 2. The van der Waals surface area contributed by atoms with Gasteiger partial charge >= 0.3 is 0 Å². The second kappa shape index (κ2) is 5.14. The molecule has 1 aromatic rings. The summed E-state index contributed by atoms with van der Waals surface area (Å²) in [5.41, 5.74) is 1.14. The average molecular weight is 201 g/mol. The zero-order chi connectivity index (χ0) is 9.68. The van der Waals surface area contributed by atoms with E-state index in [1.807, 2.05) is 17.8 Å². The first kappa shape index (κ1) is 10.4. The summed E-state index contributed by atoms with van der Waals surface area (Å²) < 4.78 is 12.7. The molecule has 1 atom stereocenters. The van der Waals surface area contributed by atoms with Crippen LogP contribution < -0.4 is 5.32 Å². The number of hydrogen-bond acceptors (Lipinski definition) is 3. The van der Waals surface area contributed by atoms with E-state index in [4.69, 9.17) is 0 Å². The normalized spacial score (nSPS) is 13.1. The van der Waals surface area contributed by atoms with Crippen molar-refractivity contribution in [2.24, 2.45) is 7.05 Å². The van der Waals surface area contributed by atoms with Crippen molar-refractivity contribution in [3.05, 3.63) is 18.2 Å². The quantitative estimate of drug-likeness (QED) is 0.676. The highest BCUT2D eigenvalue weighted by atomic mass is 32.2. The maximum Gasteiger partial charge on any atom is 0.0945 e. The van der Waals surface area contributed by atoms with Gasteiger partial charge in [0.25, 0.3) is 0 Å². The molecule has 0 amide bonds. The summed E-state index contributed by atoms with van der Waals surface area (Å²) >= 11 is 0. The third-order valence-corrected chi connectivity index (χ3v) is 2.57. The zero-order valence-corrected chi connectivity index (χ0v) is 8.80. The molecule has 1 N–H and O–H groups in total. The van der Waals surface area contributed by atoms with Crippen LogP contribution in [0.2, 0.25) is 0 Å². The van der Waals surface area contributed by atoms with Gasteiger partial charge in [-0.25, -0.2) is 4.98 Å². The van der Waals surface area contributed by atoms with E-state index in [2.05, 4.69) is 10.3 Å². The van der Waals surface area contributed by atoms with Gasteiger partial charge in [0, 0.05) is 49.1 Å². The molecule has 13 heavy (non-hydrogen) atoms. The zero-order valence-electron chi connectivity index (χ0n) is 7.99. The minimum Gasteiger partial charge on any atom is -0.337 e. The number of rotatable bonds is 5. The van der Waals surface area contributed by atoms with Gasteiger partial charge < -0.3 is 9.88 Å². The highest BCUT2D eigenvalue weighted by molar-refractivity contribution is 7.84. The molecule has 0 aliphatic carbocycles.